The van der Waals surface area contributed by atoms with E-state index in [1.165, 1.54) is 6.07 Å². The number of carbonyl (C=O) groups is 2. The fourth-order valence-corrected chi connectivity index (χ4v) is 2.37. The molecular formula is C13H15BrN2O4. The van der Waals surface area contributed by atoms with Gasteiger partial charge in [-0.2, -0.15) is 0 Å². The van der Waals surface area contributed by atoms with Crippen molar-refractivity contribution in [3.05, 3.63) is 28.2 Å². The summed E-state index contributed by atoms with van der Waals surface area (Å²) >= 11 is 3.16. The van der Waals surface area contributed by atoms with Crippen LogP contribution in [0, 0.1) is 0 Å². The van der Waals surface area contributed by atoms with Gasteiger partial charge in [0.15, 0.2) is 0 Å². The molecule has 0 saturated carbocycles. The molecule has 1 fully saturated rings. The molecule has 0 bridgehead atoms. The van der Waals surface area contributed by atoms with Crippen LogP contribution in [0.3, 0.4) is 0 Å². The molecule has 0 aliphatic carbocycles. The van der Waals surface area contributed by atoms with E-state index in [4.69, 9.17) is 9.84 Å². The van der Waals surface area contributed by atoms with Crippen LogP contribution in [0.15, 0.2) is 22.7 Å². The Morgan fingerprint density at radius 3 is 2.95 bits per heavy atom. The first-order valence-corrected chi connectivity index (χ1v) is 6.99. The predicted octanol–water partition coefficient (Wildman–Crippen LogP) is 1.46. The normalized spacial score (nSPS) is 18.6. The van der Waals surface area contributed by atoms with Crippen LogP contribution in [0.25, 0.3) is 0 Å². The van der Waals surface area contributed by atoms with Crippen molar-refractivity contribution in [1.29, 1.82) is 0 Å². The summed E-state index contributed by atoms with van der Waals surface area (Å²) in [6.07, 6.45) is 0.290. The van der Waals surface area contributed by atoms with Crippen molar-refractivity contribution < 1.29 is 19.4 Å². The van der Waals surface area contributed by atoms with E-state index in [2.05, 4.69) is 26.6 Å². The Morgan fingerprint density at radius 1 is 1.50 bits per heavy atom. The highest BCUT2D eigenvalue weighted by Gasteiger charge is 2.17. The molecule has 3 N–H and O–H groups in total. The number of rotatable bonds is 4. The summed E-state index contributed by atoms with van der Waals surface area (Å²) < 4.78 is 5.75. The molecule has 1 aromatic carbocycles. The Morgan fingerprint density at radius 2 is 2.30 bits per heavy atom. The van der Waals surface area contributed by atoms with Gasteiger partial charge in [0.05, 0.1) is 18.8 Å². The molecule has 0 spiro atoms. The monoisotopic (exact) mass is 342 g/mol. The number of anilines is 1. The summed E-state index contributed by atoms with van der Waals surface area (Å²) in [6.45, 7) is 1.90. The molecule has 1 unspecified atom stereocenters. The van der Waals surface area contributed by atoms with E-state index < -0.39 is 5.97 Å². The van der Waals surface area contributed by atoms with E-state index in [0.717, 1.165) is 6.54 Å². The second-order valence-electron chi connectivity index (χ2n) is 4.48. The highest BCUT2D eigenvalue weighted by Crippen LogP contribution is 2.21. The van der Waals surface area contributed by atoms with Gasteiger partial charge in [0, 0.05) is 29.2 Å². The molecule has 6 nitrogen and oxygen atoms in total. The molecule has 1 saturated heterocycles. The van der Waals surface area contributed by atoms with E-state index in [1.54, 1.807) is 12.1 Å². The van der Waals surface area contributed by atoms with Gasteiger partial charge in [0.25, 0.3) is 0 Å². The zero-order valence-electron chi connectivity index (χ0n) is 10.7. The lowest BCUT2D eigenvalue weighted by atomic mass is 10.1. The number of morpholine rings is 1. The Balaban J connectivity index is 1.96. The number of carboxylic acids is 1. The zero-order valence-corrected chi connectivity index (χ0v) is 12.3. The lowest BCUT2D eigenvalue weighted by molar-refractivity contribution is -0.117. The first-order valence-electron chi connectivity index (χ1n) is 6.20. The molecule has 108 valence electrons. The predicted molar refractivity (Wildman–Crippen MR) is 77.0 cm³/mol. The van der Waals surface area contributed by atoms with Crippen LogP contribution >= 0.6 is 15.9 Å². The number of aromatic carboxylic acids is 1. The van der Waals surface area contributed by atoms with Crippen LogP contribution < -0.4 is 10.6 Å². The van der Waals surface area contributed by atoms with Crippen LogP contribution in [0.1, 0.15) is 16.8 Å². The molecular weight excluding hydrogens is 328 g/mol. The molecule has 1 aliphatic heterocycles. The van der Waals surface area contributed by atoms with Crippen molar-refractivity contribution in [2.45, 2.75) is 12.5 Å². The van der Waals surface area contributed by atoms with Crippen LogP contribution in [0.5, 0.6) is 0 Å². The lowest BCUT2D eigenvalue weighted by Gasteiger charge is -2.23. The number of benzene rings is 1. The van der Waals surface area contributed by atoms with E-state index in [0.29, 0.717) is 29.8 Å². The molecule has 7 heteroatoms. The summed E-state index contributed by atoms with van der Waals surface area (Å²) in [5, 5.41) is 14.9. The number of nitrogens with one attached hydrogen (secondary N) is 2. The highest BCUT2D eigenvalue weighted by atomic mass is 79.9. The Kier molecular flexibility index (Phi) is 5.11. The summed E-state index contributed by atoms with van der Waals surface area (Å²) in [4.78, 5) is 22.9. The highest BCUT2D eigenvalue weighted by molar-refractivity contribution is 9.10. The number of hydrogen-bond acceptors (Lipinski definition) is 4. The molecule has 1 atom stereocenters. The maximum atomic E-state index is 11.9. The molecule has 0 radical (unpaired) electrons. The average molecular weight is 343 g/mol. The Hall–Kier alpha value is -1.44. The largest absolute Gasteiger partial charge is 0.478 e. The number of halogens is 1. The molecule has 2 rings (SSSR count). The van der Waals surface area contributed by atoms with Gasteiger partial charge in [-0.05, 0) is 34.1 Å². The van der Waals surface area contributed by atoms with Gasteiger partial charge in [0.2, 0.25) is 5.91 Å². The summed E-state index contributed by atoms with van der Waals surface area (Å²) in [5.41, 5.74) is 0.578. The van der Waals surface area contributed by atoms with Crippen molar-refractivity contribution in [3.8, 4) is 0 Å². The molecule has 1 aromatic rings. The van der Waals surface area contributed by atoms with Gasteiger partial charge in [-0.1, -0.05) is 0 Å². The standard InChI is InChI=1S/C13H15BrN2O4/c14-11-2-1-8(5-10(11)13(18)19)16-12(17)6-9-7-20-4-3-15-9/h1-2,5,9,15H,3-4,6-7H2,(H,16,17)(H,18,19). The van der Waals surface area contributed by atoms with E-state index in [-0.39, 0.29) is 17.5 Å². The molecule has 1 amide bonds. The topological polar surface area (TPSA) is 87.7 Å². The first kappa shape index (κ1) is 15.0. The van der Waals surface area contributed by atoms with Gasteiger partial charge >= 0.3 is 5.97 Å². The SMILES string of the molecule is O=C(CC1COCCN1)Nc1ccc(Br)c(C(=O)O)c1. The Labute approximate surface area is 124 Å². The first-order chi connectivity index (χ1) is 9.56. The summed E-state index contributed by atoms with van der Waals surface area (Å²) in [6, 6.07) is 4.67. The van der Waals surface area contributed by atoms with Gasteiger partial charge < -0.3 is 20.5 Å². The summed E-state index contributed by atoms with van der Waals surface area (Å²) in [5.74, 6) is -1.22. The van der Waals surface area contributed by atoms with Gasteiger partial charge in [-0.15, -0.1) is 0 Å². The lowest BCUT2D eigenvalue weighted by Crippen LogP contribution is -2.43. The minimum absolute atomic E-state index is 0.00172. The minimum Gasteiger partial charge on any atom is -0.478 e. The molecule has 0 aromatic heterocycles. The fraction of sp³-hybridized carbons (Fsp3) is 0.385. The van der Waals surface area contributed by atoms with Crippen molar-refractivity contribution in [1.82, 2.24) is 5.32 Å². The molecule has 1 aliphatic rings. The van der Waals surface area contributed by atoms with E-state index >= 15 is 0 Å². The number of ether oxygens (including phenoxy) is 1. The van der Waals surface area contributed by atoms with E-state index in [1.807, 2.05) is 0 Å². The third-order valence-corrected chi connectivity index (χ3v) is 3.60. The van der Waals surface area contributed by atoms with Crippen molar-refractivity contribution in [2.75, 3.05) is 25.1 Å². The second-order valence-corrected chi connectivity index (χ2v) is 5.33. The van der Waals surface area contributed by atoms with Crippen molar-refractivity contribution in [3.63, 3.8) is 0 Å². The second kappa shape index (κ2) is 6.83. The smallest absolute Gasteiger partial charge is 0.336 e. The number of carbonyl (C=O) groups excluding carboxylic acids is 1. The minimum atomic E-state index is -1.05. The number of amides is 1. The third-order valence-electron chi connectivity index (χ3n) is 2.91. The Bertz CT molecular complexity index is 515. The number of hydrogen-bond donors (Lipinski definition) is 3. The van der Waals surface area contributed by atoms with Crippen LogP contribution in [-0.4, -0.2) is 42.8 Å². The fourth-order valence-electron chi connectivity index (χ4n) is 1.95. The number of carboxylic acid groups (broad SMARTS) is 1. The maximum Gasteiger partial charge on any atom is 0.336 e. The van der Waals surface area contributed by atoms with Crippen LogP contribution in [0.2, 0.25) is 0 Å². The quantitative estimate of drug-likeness (QED) is 0.771. The molecule has 20 heavy (non-hydrogen) atoms. The van der Waals surface area contributed by atoms with E-state index in [9.17, 15) is 9.59 Å². The average Bonchev–Trinajstić information content (AvgIpc) is 2.41. The van der Waals surface area contributed by atoms with Crippen LogP contribution in [-0.2, 0) is 9.53 Å². The maximum absolute atomic E-state index is 11.9. The van der Waals surface area contributed by atoms with Crippen molar-refractivity contribution in [2.24, 2.45) is 0 Å². The van der Waals surface area contributed by atoms with Gasteiger partial charge in [0.1, 0.15) is 0 Å². The van der Waals surface area contributed by atoms with Crippen LogP contribution in [0.4, 0.5) is 5.69 Å². The third kappa shape index (κ3) is 4.03. The zero-order chi connectivity index (χ0) is 14.5. The van der Waals surface area contributed by atoms with Gasteiger partial charge in [-0.3, -0.25) is 4.79 Å². The molecule has 1 heterocycles. The summed E-state index contributed by atoms with van der Waals surface area (Å²) in [7, 11) is 0. The van der Waals surface area contributed by atoms with Gasteiger partial charge in [-0.25, -0.2) is 4.79 Å². The van der Waals surface area contributed by atoms with Crippen molar-refractivity contribution >= 4 is 33.5 Å².